The first kappa shape index (κ1) is 39.9. The molecular weight excluding hydrogens is 754 g/mol. The fourth-order valence-corrected chi connectivity index (χ4v) is 6.70. The number of ether oxygens (including phenoxy) is 1. The first-order chi connectivity index (χ1) is 25.7. The number of carboxylic acids is 2. The molecule has 2 amide bonds. The Balaban J connectivity index is 1.17. The molecule has 4 atom stereocenters. The van der Waals surface area contributed by atoms with Crippen molar-refractivity contribution in [1.82, 2.24) is 20.3 Å². The predicted octanol–water partition coefficient (Wildman–Crippen LogP) is -0.0760. The molecule has 0 radical (unpaired) electrons. The van der Waals surface area contributed by atoms with E-state index in [2.05, 4.69) is 20.8 Å². The topological polar surface area (TPSA) is 304 Å². The number of amides is 2. The minimum atomic E-state index is -1.48. The summed E-state index contributed by atoms with van der Waals surface area (Å²) in [5.74, 6) is -5.22. The van der Waals surface area contributed by atoms with Gasteiger partial charge in [0.1, 0.15) is 17.1 Å². The Hall–Kier alpha value is -5.26. The Morgan fingerprint density at radius 2 is 1.80 bits per heavy atom. The van der Waals surface area contributed by atoms with Crippen molar-refractivity contribution in [2.75, 3.05) is 5.73 Å². The lowest BCUT2D eigenvalue weighted by Crippen LogP contribution is -2.54. The lowest BCUT2D eigenvalue weighted by atomic mass is 9.72. The molecule has 0 bridgehead atoms. The largest absolute Gasteiger partial charge is 0.481 e. The Morgan fingerprint density at radius 3 is 2.50 bits per heavy atom. The van der Waals surface area contributed by atoms with Gasteiger partial charge in [-0.15, -0.1) is 22.7 Å². The highest BCUT2D eigenvalue weighted by atomic mass is 32.1. The number of carbonyl (C=O) groups is 4. The maximum Gasteiger partial charge on any atom is 0.478 e. The summed E-state index contributed by atoms with van der Waals surface area (Å²) in [5, 5.41) is 61.4. The van der Waals surface area contributed by atoms with E-state index in [1.165, 1.54) is 17.5 Å². The van der Waals surface area contributed by atoms with Gasteiger partial charge in [-0.3, -0.25) is 24.0 Å². The van der Waals surface area contributed by atoms with Crippen molar-refractivity contribution in [3.05, 3.63) is 67.7 Å². The zero-order chi connectivity index (χ0) is 38.9. The van der Waals surface area contributed by atoms with Gasteiger partial charge in [0, 0.05) is 21.7 Å². The molecule has 20 nitrogen and oxygen atoms in total. The third kappa shape index (κ3) is 11.1. The Bertz CT molecular complexity index is 1970. The standard InChI is InChI=1S/C30H34B2N6O14S2/c33-30-34-20(14-54-30)28(29(45)36-24-5-4-17(9-27(43)44)52-32(24)47)37-49-12-15-6-21(39)22(11-38(15)48)50-18-7-19(53-13-18)10-25(40)35-23-3-1-2-16(8-26(41)42)51-31(23)46/h1-2,6-7,11,13-14,16-17,23-24,46-48H,3-5,8-10,12H2,(H2,33,34)(H,35,40)(H,36,45)(H,41,42)(H,43,44)/b37-28-/t16?,17-,23-,24-/m0/s1. The van der Waals surface area contributed by atoms with Crippen LogP contribution in [0.5, 0.6) is 11.5 Å². The Morgan fingerprint density at radius 1 is 1.04 bits per heavy atom. The molecule has 286 valence electrons. The zero-order valence-electron chi connectivity index (χ0n) is 28.1. The summed E-state index contributed by atoms with van der Waals surface area (Å²) in [6.07, 6.45) is 2.54. The van der Waals surface area contributed by atoms with Crippen molar-refractivity contribution in [3.8, 4) is 11.5 Å². The zero-order valence-corrected chi connectivity index (χ0v) is 29.7. The summed E-state index contributed by atoms with van der Waals surface area (Å²) in [6.45, 7) is -0.497. The number of nitrogens with zero attached hydrogens (tertiary/aromatic N) is 3. The van der Waals surface area contributed by atoms with Gasteiger partial charge in [-0.2, -0.15) is 4.73 Å². The van der Waals surface area contributed by atoms with E-state index in [1.54, 1.807) is 11.5 Å². The van der Waals surface area contributed by atoms with Crippen LogP contribution in [0.2, 0.25) is 0 Å². The maximum absolute atomic E-state index is 13.2. The molecule has 2 aliphatic rings. The SMILES string of the molecule is Nc1nc(/C(=N/OCc2cc(=O)c(Oc3csc(CC(=O)N[C@H]4CC=CC(CC(=O)O)OB4O)c3)cn2O)C(=O)N[C@H]2CC[C@@H](CC(=O)O)OB2O)cs1. The molecule has 0 saturated carbocycles. The second kappa shape index (κ2) is 18.2. The van der Waals surface area contributed by atoms with E-state index >= 15 is 0 Å². The van der Waals surface area contributed by atoms with Crippen LogP contribution in [0, 0.1) is 0 Å². The van der Waals surface area contributed by atoms with Crippen LogP contribution >= 0.6 is 22.7 Å². The number of nitrogens with one attached hydrogen (secondary N) is 2. The molecule has 1 unspecified atom stereocenters. The van der Waals surface area contributed by atoms with Crippen molar-refractivity contribution < 1.29 is 63.5 Å². The number of carbonyl (C=O) groups excluding carboxylic acids is 2. The third-order valence-corrected chi connectivity index (χ3v) is 9.52. The smallest absolute Gasteiger partial charge is 0.478 e. The van der Waals surface area contributed by atoms with Gasteiger partial charge in [0.25, 0.3) is 5.91 Å². The van der Waals surface area contributed by atoms with E-state index < -0.39 is 74.1 Å². The van der Waals surface area contributed by atoms with Crippen LogP contribution in [0.1, 0.15) is 48.4 Å². The summed E-state index contributed by atoms with van der Waals surface area (Å²) < 4.78 is 16.8. The molecule has 0 spiro atoms. The molecule has 9 N–H and O–H groups in total. The van der Waals surface area contributed by atoms with E-state index in [0.717, 1.165) is 34.9 Å². The number of oxime groups is 1. The van der Waals surface area contributed by atoms with E-state index in [1.807, 2.05) is 0 Å². The number of aromatic nitrogens is 2. The summed E-state index contributed by atoms with van der Waals surface area (Å²) in [4.78, 5) is 70.6. The van der Waals surface area contributed by atoms with Crippen molar-refractivity contribution in [2.24, 2.45) is 5.16 Å². The number of thiophene rings is 1. The van der Waals surface area contributed by atoms with E-state index in [0.29, 0.717) is 9.61 Å². The first-order valence-corrected chi connectivity index (χ1v) is 18.0. The van der Waals surface area contributed by atoms with E-state index in [-0.39, 0.29) is 72.3 Å². The van der Waals surface area contributed by atoms with Crippen LogP contribution < -0.4 is 26.5 Å². The van der Waals surface area contributed by atoms with Crippen LogP contribution in [-0.4, -0.2) is 103 Å². The van der Waals surface area contributed by atoms with Crippen LogP contribution in [0.15, 0.2) is 51.2 Å². The molecule has 24 heteroatoms. The number of carboxylic acid groups (broad SMARTS) is 2. The highest BCUT2D eigenvalue weighted by molar-refractivity contribution is 7.13. The summed E-state index contributed by atoms with van der Waals surface area (Å²) in [7, 11) is -2.91. The summed E-state index contributed by atoms with van der Waals surface area (Å²) in [6, 6.07) is 2.54. The second-order valence-corrected chi connectivity index (χ2v) is 13.9. The Labute approximate surface area is 314 Å². The van der Waals surface area contributed by atoms with Gasteiger partial charge in [0.2, 0.25) is 11.3 Å². The number of thiazole rings is 1. The molecule has 54 heavy (non-hydrogen) atoms. The van der Waals surface area contributed by atoms with Gasteiger partial charge in [0.15, 0.2) is 23.2 Å². The predicted molar refractivity (Wildman–Crippen MR) is 191 cm³/mol. The van der Waals surface area contributed by atoms with Gasteiger partial charge in [-0.05, 0) is 25.3 Å². The fraction of sp³-hybridized carbons (Fsp3) is 0.367. The molecule has 1 fully saturated rings. The average Bonchev–Trinajstić information content (AvgIpc) is 3.68. The van der Waals surface area contributed by atoms with Crippen molar-refractivity contribution in [3.63, 3.8) is 0 Å². The number of aliphatic carboxylic acids is 2. The quantitative estimate of drug-likeness (QED) is 0.0328. The molecule has 0 aliphatic carbocycles. The van der Waals surface area contributed by atoms with Crippen LogP contribution in [0.4, 0.5) is 5.13 Å². The van der Waals surface area contributed by atoms with Crippen molar-refractivity contribution in [1.29, 1.82) is 0 Å². The minimum Gasteiger partial charge on any atom is -0.481 e. The number of hydrogen-bond donors (Lipinski definition) is 8. The van der Waals surface area contributed by atoms with E-state index in [4.69, 9.17) is 34.8 Å². The number of nitrogens with two attached hydrogens (primary N) is 1. The normalized spacial score (nSPS) is 20.2. The lowest BCUT2D eigenvalue weighted by Gasteiger charge is -2.30. The molecule has 3 aromatic heterocycles. The lowest BCUT2D eigenvalue weighted by molar-refractivity contribution is -0.140. The highest BCUT2D eigenvalue weighted by Crippen LogP contribution is 2.26. The van der Waals surface area contributed by atoms with Crippen molar-refractivity contribution in [2.45, 2.75) is 69.2 Å². The minimum absolute atomic E-state index is 0.0436. The molecule has 2 aliphatic heterocycles. The Kier molecular flexibility index (Phi) is 13.4. The highest BCUT2D eigenvalue weighted by Gasteiger charge is 2.38. The summed E-state index contributed by atoms with van der Waals surface area (Å²) in [5.41, 5.74) is 4.71. The number of rotatable bonds is 15. The maximum atomic E-state index is 13.2. The number of anilines is 1. The van der Waals surface area contributed by atoms with Crippen molar-refractivity contribution >= 4 is 71.5 Å². The van der Waals surface area contributed by atoms with Crippen LogP contribution in [0.25, 0.3) is 0 Å². The molecule has 5 rings (SSSR count). The third-order valence-electron chi connectivity index (χ3n) is 7.93. The van der Waals surface area contributed by atoms with E-state index in [9.17, 15) is 39.2 Å². The van der Waals surface area contributed by atoms with Crippen LogP contribution in [-0.2, 0) is 46.4 Å². The number of nitrogen functional groups attached to an aromatic ring is 1. The fourth-order valence-electron chi connectivity index (χ4n) is 5.37. The number of pyridine rings is 1. The molecule has 5 heterocycles. The van der Waals surface area contributed by atoms with Crippen LogP contribution in [0.3, 0.4) is 0 Å². The molecular formula is C30H34B2N6O14S2. The first-order valence-electron chi connectivity index (χ1n) is 16.2. The van der Waals surface area contributed by atoms with Gasteiger partial charge in [-0.1, -0.05) is 17.3 Å². The van der Waals surface area contributed by atoms with Gasteiger partial charge in [0.05, 0.1) is 49.5 Å². The van der Waals surface area contributed by atoms with Gasteiger partial charge >= 0.3 is 26.2 Å². The number of hydrogen-bond acceptors (Lipinski definition) is 17. The molecule has 1 saturated heterocycles. The molecule has 0 aromatic carbocycles. The van der Waals surface area contributed by atoms with Gasteiger partial charge in [-0.25, -0.2) is 4.98 Å². The molecule has 3 aromatic rings. The monoisotopic (exact) mass is 788 g/mol. The summed E-state index contributed by atoms with van der Waals surface area (Å²) >= 11 is 2.18. The average molecular weight is 788 g/mol. The van der Waals surface area contributed by atoms with Gasteiger partial charge < -0.3 is 60.7 Å². The second-order valence-electron chi connectivity index (χ2n) is 12.1.